The van der Waals surface area contributed by atoms with Crippen LogP contribution < -0.4 is 5.36 Å². The van der Waals surface area contributed by atoms with Crippen LogP contribution in [-0.4, -0.2) is 26.1 Å². The normalized spacial score (nSPS) is 12.3. The Labute approximate surface area is 133 Å². The van der Waals surface area contributed by atoms with Crippen molar-refractivity contribution in [2.24, 2.45) is 12.0 Å². The van der Waals surface area contributed by atoms with Gasteiger partial charge in [-0.1, -0.05) is 12.1 Å². The number of aromatic nitrogens is 4. The van der Waals surface area contributed by atoms with Crippen molar-refractivity contribution in [1.29, 1.82) is 0 Å². The molecule has 0 fully saturated rings. The molecule has 5 heteroatoms. The molecule has 0 saturated carbocycles. The van der Waals surface area contributed by atoms with Gasteiger partial charge in [-0.15, -0.1) is 0 Å². The van der Waals surface area contributed by atoms with Gasteiger partial charge in [0, 0.05) is 31.9 Å². The number of imidazole rings is 1. The first-order valence-electron chi connectivity index (χ1n) is 7.64. The van der Waals surface area contributed by atoms with E-state index in [1.807, 2.05) is 36.5 Å². The molecule has 4 rings (SSSR count). The van der Waals surface area contributed by atoms with Crippen LogP contribution >= 0.6 is 0 Å². The van der Waals surface area contributed by atoms with Gasteiger partial charge in [0.2, 0.25) is 0 Å². The van der Waals surface area contributed by atoms with E-state index in [0.29, 0.717) is 0 Å². The molecule has 0 amide bonds. The number of benzene rings is 2. The molecule has 0 spiro atoms. The average molecular weight is 303 g/mol. The number of aromatic amines is 1. The van der Waals surface area contributed by atoms with Crippen LogP contribution in [0.25, 0.3) is 22.4 Å². The molecule has 0 bridgehead atoms. The fraction of sp³-hybridized carbons (Fsp3) is 0.167. The van der Waals surface area contributed by atoms with Gasteiger partial charge in [0.1, 0.15) is 0 Å². The summed E-state index contributed by atoms with van der Waals surface area (Å²) in [5.41, 5.74) is 5.30. The summed E-state index contributed by atoms with van der Waals surface area (Å²) in [7, 11) is 2.07. The maximum atomic E-state index is 4.72. The smallest absolute Gasteiger partial charge is 0.0921 e. The average Bonchev–Trinajstić information content (AvgIpc) is 3.09. The van der Waals surface area contributed by atoms with Gasteiger partial charge in [-0.2, -0.15) is 0 Å². The molecular weight excluding hydrogens is 286 g/mol. The van der Waals surface area contributed by atoms with Crippen LogP contribution in [0.4, 0.5) is 0 Å². The van der Waals surface area contributed by atoms with E-state index in [1.54, 1.807) is 6.33 Å². The van der Waals surface area contributed by atoms with Crippen LogP contribution in [0, 0.1) is 0 Å². The largest absolute Gasteiger partial charge is 0.348 e. The lowest BCUT2D eigenvalue weighted by Crippen LogP contribution is -2.10. The van der Waals surface area contributed by atoms with Crippen LogP contribution in [-0.2, 0) is 13.5 Å². The van der Waals surface area contributed by atoms with E-state index >= 15 is 0 Å². The lowest BCUT2D eigenvalue weighted by atomic mass is 10.1. The molecule has 0 atom stereocenters. The molecule has 1 aromatic carbocycles. The Balaban J connectivity index is 1.73. The number of hydrogen-bond donors (Lipinski definition) is 1. The minimum Gasteiger partial charge on any atom is -0.348 e. The molecule has 0 unspecified atom stereocenters. The number of fused-ring (bicyclic) bond motifs is 2. The zero-order valence-corrected chi connectivity index (χ0v) is 12.9. The lowest BCUT2D eigenvalue weighted by Gasteiger charge is -2.14. The molecule has 5 nitrogen and oxygen atoms in total. The summed E-state index contributed by atoms with van der Waals surface area (Å²) in [6.07, 6.45) is 4.40. The molecule has 2 heterocycles. The van der Waals surface area contributed by atoms with Crippen molar-refractivity contribution in [3.63, 3.8) is 0 Å². The van der Waals surface area contributed by atoms with Gasteiger partial charge in [-0.3, -0.25) is 4.99 Å². The predicted molar refractivity (Wildman–Crippen MR) is 90.1 cm³/mol. The molecule has 1 aliphatic carbocycles. The van der Waals surface area contributed by atoms with E-state index in [2.05, 4.69) is 38.7 Å². The number of nitrogens with zero attached hydrogens (tertiary/aromatic N) is 4. The van der Waals surface area contributed by atoms with E-state index in [0.717, 1.165) is 46.4 Å². The Morgan fingerprint density at radius 3 is 2.96 bits per heavy atom. The maximum Gasteiger partial charge on any atom is 0.0921 e. The summed E-state index contributed by atoms with van der Waals surface area (Å²) < 4.78 is 2.17. The van der Waals surface area contributed by atoms with Gasteiger partial charge >= 0.3 is 0 Å². The van der Waals surface area contributed by atoms with E-state index < -0.39 is 0 Å². The topological polar surface area (TPSA) is 58.9 Å². The summed E-state index contributed by atoms with van der Waals surface area (Å²) in [5, 5.41) is 0.977. The predicted octanol–water partition coefficient (Wildman–Crippen LogP) is 2.54. The maximum absolute atomic E-state index is 4.72. The third kappa shape index (κ3) is 2.61. The first kappa shape index (κ1) is 13.7. The fourth-order valence-electron chi connectivity index (χ4n) is 2.80. The summed E-state index contributed by atoms with van der Waals surface area (Å²) in [6, 6.07) is 14.3. The third-order valence-corrected chi connectivity index (χ3v) is 4.03. The van der Waals surface area contributed by atoms with Crippen molar-refractivity contribution in [2.45, 2.75) is 6.42 Å². The van der Waals surface area contributed by atoms with Crippen LogP contribution in [0.3, 0.4) is 0 Å². The van der Waals surface area contributed by atoms with E-state index in [9.17, 15) is 0 Å². The highest BCUT2D eigenvalue weighted by Gasteiger charge is 2.09. The Bertz CT molecular complexity index is 982. The highest BCUT2D eigenvalue weighted by Crippen LogP contribution is 2.22. The zero-order chi connectivity index (χ0) is 15.6. The highest BCUT2D eigenvalue weighted by molar-refractivity contribution is 5.80. The number of nitrogens with one attached hydrogen (secondary N) is 1. The minimum absolute atomic E-state index is 0.735. The molecule has 0 saturated heterocycles. The van der Waals surface area contributed by atoms with Gasteiger partial charge in [0.05, 0.1) is 34.1 Å². The molecule has 2 aromatic rings. The van der Waals surface area contributed by atoms with Gasteiger partial charge in [-0.25, -0.2) is 9.97 Å². The SMILES string of the molecule is Cn1c2cc(=NCCc3cnc[nH]3)ccc-2nc2ccccc21. The summed E-state index contributed by atoms with van der Waals surface area (Å²) in [4.78, 5) is 16.5. The number of rotatable bonds is 3. The van der Waals surface area contributed by atoms with Gasteiger partial charge in [0.25, 0.3) is 0 Å². The summed E-state index contributed by atoms with van der Waals surface area (Å²) in [5.74, 6) is 0. The molecular formula is C18H17N5. The first-order chi connectivity index (χ1) is 11.3. The van der Waals surface area contributed by atoms with Crippen molar-refractivity contribution < 1.29 is 0 Å². The summed E-state index contributed by atoms with van der Waals surface area (Å²) >= 11 is 0. The van der Waals surface area contributed by atoms with Gasteiger partial charge in [0.15, 0.2) is 0 Å². The molecule has 0 radical (unpaired) electrons. The van der Waals surface area contributed by atoms with Crippen LogP contribution in [0.2, 0.25) is 0 Å². The Morgan fingerprint density at radius 2 is 2.09 bits per heavy atom. The molecule has 2 aliphatic rings. The van der Waals surface area contributed by atoms with Crippen molar-refractivity contribution in [2.75, 3.05) is 6.54 Å². The van der Waals surface area contributed by atoms with Gasteiger partial charge in [-0.05, 0) is 30.3 Å². The second-order valence-electron chi connectivity index (χ2n) is 5.54. The zero-order valence-electron chi connectivity index (χ0n) is 12.9. The second kappa shape index (κ2) is 5.68. The van der Waals surface area contributed by atoms with Crippen molar-refractivity contribution in [3.8, 4) is 11.4 Å². The Hall–Kier alpha value is -2.95. The van der Waals surface area contributed by atoms with E-state index in [1.165, 1.54) is 0 Å². The van der Waals surface area contributed by atoms with Crippen LogP contribution in [0.5, 0.6) is 0 Å². The number of para-hydroxylation sites is 2. The number of aryl methyl sites for hydroxylation is 1. The van der Waals surface area contributed by atoms with Crippen molar-refractivity contribution >= 4 is 11.0 Å². The lowest BCUT2D eigenvalue weighted by molar-refractivity contribution is 0.901. The summed E-state index contributed by atoms with van der Waals surface area (Å²) in [6.45, 7) is 0.735. The first-order valence-corrected chi connectivity index (χ1v) is 7.64. The third-order valence-electron chi connectivity index (χ3n) is 4.03. The number of hydrogen-bond acceptors (Lipinski definition) is 3. The molecule has 114 valence electrons. The van der Waals surface area contributed by atoms with E-state index in [-0.39, 0.29) is 0 Å². The standard InChI is InChI=1S/C18H17N5/c1-23-17-5-3-2-4-15(17)22-16-7-6-13(10-18(16)23)20-9-8-14-11-19-12-21-14/h2-7,10-12H,8-9H2,1H3,(H,19,21). The minimum atomic E-state index is 0.735. The van der Waals surface area contributed by atoms with Crippen molar-refractivity contribution in [3.05, 3.63) is 66.0 Å². The molecule has 1 aromatic heterocycles. The van der Waals surface area contributed by atoms with Crippen LogP contribution in [0.15, 0.2) is 60.0 Å². The van der Waals surface area contributed by atoms with Gasteiger partial charge < -0.3 is 9.55 Å². The molecule has 1 N–H and O–H groups in total. The Morgan fingerprint density at radius 1 is 1.17 bits per heavy atom. The fourth-order valence-corrected chi connectivity index (χ4v) is 2.80. The van der Waals surface area contributed by atoms with Crippen LogP contribution in [0.1, 0.15) is 5.69 Å². The monoisotopic (exact) mass is 303 g/mol. The molecule has 23 heavy (non-hydrogen) atoms. The Kier molecular flexibility index (Phi) is 3.38. The second-order valence-corrected chi connectivity index (χ2v) is 5.54. The molecule has 1 aliphatic heterocycles. The highest BCUT2D eigenvalue weighted by atomic mass is 15.0. The van der Waals surface area contributed by atoms with E-state index in [4.69, 9.17) is 4.98 Å². The quantitative estimate of drug-likeness (QED) is 0.591. The number of H-pyrrole nitrogens is 1. The van der Waals surface area contributed by atoms with Crippen molar-refractivity contribution in [1.82, 2.24) is 19.5 Å².